The van der Waals surface area contributed by atoms with Crippen LogP contribution in [-0.4, -0.2) is 34.5 Å². The predicted molar refractivity (Wildman–Crippen MR) is 110 cm³/mol. The third kappa shape index (κ3) is 5.50. The number of aliphatic hydroxyl groups excluding tert-OH is 1. The van der Waals surface area contributed by atoms with Gasteiger partial charge >= 0.3 is 0 Å². The molecule has 2 aromatic carbocycles. The number of rotatable bonds is 8. The molecule has 144 valence electrons. The molecule has 2 aromatic rings. The van der Waals surface area contributed by atoms with Gasteiger partial charge in [-0.05, 0) is 18.4 Å². The van der Waals surface area contributed by atoms with Crippen molar-refractivity contribution in [1.82, 2.24) is 4.90 Å². The topological polar surface area (TPSA) is 40.5 Å². The lowest BCUT2D eigenvalue weighted by atomic mass is 9.91. The van der Waals surface area contributed by atoms with E-state index in [1.165, 1.54) is 37.7 Å². The van der Waals surface area contributed by atoms with Gasteiger partial charge in [0.2, 0.25) is 0 Å². The van der Waals surface area contributed by atoms with Gasteiger partial charge in [0.15, 0.2) is 5.78 Å². The number of aliphatic hydroxyl groups is 1. The normalized spacial score (nSPS) is 17.6. The van der Waals surface area contributed by atoms with E-state index in [9.17, 15) is 9.90 Å². The fourth-order valence-corrected chi connectivity index (χ4v) is 4.05. The van der Waals surface area contributed by atoms with Crippen molar-refractivity contribution >= 4 is 5.78 Å². The van der Waals surface area contributed by atoms with E-state index in [0.29, 0.717) is 18.2 Å². The molecule has 1 fully saturated rings. The van der Waals surface area contributed by atoms with Crippen LogP contribution in [0.15, 0.2) is 60.7 Å². The average Bonchev–Trinajstić information content (AvgIpc) is 2.74. The predicted octanol–water partition coefficient (Wildman–Crippen LogP) is 4.70. The van der Waals surface area contributed by atoms with Crippen LogP contribution in [0, 0.1) is 5.92 Å². The maximum atomic E-state index is 12.7. The lowest BCUT2D eigenvalue weighted by Crippen LogP contribution is -2.44. The number of nitrogens with zero attached hydrogens (tertiary/aromatic N) is 1. The number of hydrogen-bond acceptors (Lipinski definition) is 3. The average molecular weight is 366 g/mol. The second kappa shape index (κ2) is 9.82. The van der Waals surface area contributed by atoms with Crippen molar-refractivity contribution < 1.29 is 9.90 Å². The Labute approximate surface area is 163 Å². The van der Waals surface area contributed by atoms with Crippen molar-refractivity contribution in [3.8, 4) is 0 Å². The van der Waals surface area contributed by atoms with Gasteiger partial charge in [0.05, 0.1) is 6.10 Å². The quantitative estimate of drug-likeness (QED) is 0.689. The first-order valence-corrected chi connectivity index (χ1v) is 10.2. The van der Waals surface area contributed by atoms with Crippen LogP contribution in [0.5, 0.6) is 0 Å². The van der Waals surface area contributed by atoms with Gasteiger partial charge in [-0.2, -0.15) is 0 Å². The largest absolute Gasteiger partial charge is 0.391 e. The summed E-state index contributed by atoms with van der Waals surface area (Å²) in [6.45, 7) is 3.22. The molecule has 0 aliphatic heterocycles. The van der Waals surface area contributed by atoms with E-state index in [1.54, 1.807) is 0 Å². The third-order valence-electron chi connectivity index (χ3n) is 5.79. The molecule has 0 bridgehead atoms. The summed E-state index contributed by atoms with van der Waals surface area (Å²) in [5.41, 5.74) is 1.94. The van der Waals surface area contributed by atoms with Gasteiger partial charge in [-0.25, -0.2) is 0 Å². The van der Waals surface area contributed by atoms with Gasteiger partial charge in [0.25, 0.3) is 0 Å². The van der Waals surface area contributed by atoms with E-state index in [-0.39, 0.29) is 5.78 Å². The number of carbonyl (C=O) groups is 1. The molecule has 0 saturated heterocycles. The SMILES string of the molecule is CC(C(=O)c1ccccc1)C(O)CN(Cc1ccccc1)C1CCCCC1. The minimum Gasteiger partial charge on any atom is -0.391 e. The number of benzene rings is 2. The van der Waals surface area contributed by atoms with Crippen molar-refractivity contribution in [3.05, 3.63) is 71.8 Å². The highest BCUT2D eigenvalue weighted by atomic mass is 16.3. The van der Waals surface area contributed by atoms with Gasteiger partial charge in [-0.3, -0.25) is 9.69 Å². The molecule has 2 unspecified atom stereocenters. The summed E-state index contributed by atoms with van der Waals surface area (Å²) in [5.74, 6) is -0.388. The zero-order valence-corrected chi connectivity index (χ0v) is 16.3. The van der Waals surface area contributed by atoms with Crippen LogP contribution >= 0.6 is 0 Å². The highest BCUT2D eigenvalue weighted by Gasteiger charge is 2.28. The van der Waals surface area contributed by atoms with Crippen molar-refractivity contribution in [3.63, 3.8) is 0 Å². The molecule has 27 heavy (non-hydrogen) atoms. The molecule has 0 spiro atoms. The number of hydrogen-bond donors (Lipinski definition) is 1. The highest BCUT2D eigenvalue weighted by molar-refractivity contribution is 5.97. The van der Waals surface area contributed by atoms with E-state index in [0.717, 1.165) is 6.54 Å². The first-order valence-electron chi connectivity index (χ1n) is 10.2. The van der Waals surface area contributed by atoms with E-state index in [1.807, 2.05) is 43.3 Å². The smallest absolute Gasteiger partial charge is 0.168 e. The number of ketones is 1. The Bertz CT molecular complexity index is 695. The highest BCUT2D eigenvalue weighted by Crippen LogP contribution is 2.25. The Balaban J connectivity index is 1.69. The summed E-state index contributed by atoms with van der Waals surface area (Å²) in [6.07, 6.45) is 5.51. The first-order chi connectivity index (χ1) is 13.1. The van der Waals surface area contributed by atoms with Gasteiger partial charge < -0.3 is 5.11 Å². The zero-order valence-electron chi connectivity index (χ0n) is 16.3. The van der Waals surface area contributed by atoms with Gasteiger partial charge in [0.1, 0.15) is 0 Å². The molecule has 1 aliphatic rings. The first kappa shape index (κ1) is 19.8. The molecule has 3 rings (SSSR count). The lowest BCUT2D eigenvalue weighted by molar-refractivity contribution is 0.0360. The van der Waals surface area contributed by atoms with Crippen LogP contribution in [0.25, 0.3) is 0 Å². The van der Waals surface area contributed by atoms with Crippen molar-refractivity contribution in [2.75, 3.05) is 6.54 Å². The summed E-state index contributed by atoms with van der Waals surface area (Å²) in [5, 5.41) is 10.9. The minimum absolute atomic E-state index is 0.0198. The van der Waals surface area contributed by atoms with Gasteiger partial charge in [0, 0.05) is 30.6 Å². The molecule has 1 aliphatic carbocycles. The molecule has 3 heteroatoms. The Morgan fingerprint density at radius 1 is 1.00 bits per heavy atom. The summed E-state index contributed by atoms with van der Waals surface area (Å²) in [6, 6.07) is 20.2. The molecule has 0 amide bonds. The van der Waals surface area contributed by atoms with Crippen LogP contribution in [0.1, 0.15) is 54.9 Å². The van der Waals surface area contributed by atoms with E-state index >= 15 is 0 Å². The second-order valence-corrected chi connectivity index (χ2v) is 7.79. The molecular weight excluding hydrogens is 334 g/mol. The Morgan fingerprint density at radius 3 is 2.22 bits per heavy atom. The molecular formula is C24H31NO2. The number of Topliss-reactive ketones (excluding diaryl/α,β-unsaturated/α-hetero) is 1. The fourth-order valence-electron chi connectivity index (χ4n) is 4.05. The monoisotopic (exact) mass is 365 g/mol. The lowest BCUT2D eigenvalue weighted by Gasteiger charge is -2.36. The molecule has 1 N–H and O–H groups in total. The van der Waals surface area contributed by atoms with Gasteiger partial charge in [-0.1, -0.05) is 86.8 Å². The fraction of sp³-hybridized carbons (Fsp3) is 0.458. The standard InChI is InChI=1S/C24H31NO2/c1-19(24(27)21-13-7-3-8-14-21)23(26)18-25(22-15-9-4-10-16-22)17-20-11-5-2-6-12-20/h2-3,5-8,11-14,19,22-23,26H,4,9-10,15-18H2,1H3. The van der Waals surface area contributed by atoms with Crippen molar-refractivity contribution in [1.29, 1.82) is 0 Å². The van der Waals surface area contributed by atoms with Crippen LogP contribution in [0.3, 0.4) is 0 Å². The van der Waals surface area contributed by atoms with Crippen molar-refractivity contribution in [2.24, 2.45) is 5.92 Å². The van der Waals surface area contributed by atoms with E-state index in [4.69, 9.17) is 0 Å². The Hall–Kier alpha value is -1.97. The third-order valence-corrected chi connectivity index (χ3v) is 5.79. The molecule has 3 nitrogen and oxygen atoms in total. The van der Waals surface area contributed by atoms with E-state index in [2.05, 4.69) is 29.2 Å². The Morgan fingerprint density at radius 2 is 1.59 bits per heavy atom. The number of carbonyl (C=O) groups excluding carboxylic acids is 1. The summed E-state index contributed by atoms with van der Waals surface area (Å²) in [7, 11) is 0. The second-order valence-electron chi connectivity index (χ2n) is 7.79. The molecule has 2 atom stereocenters. The minimum atomic E-state index is -0.664. The van der Waals surface area contributed by atoms with Crippen LogP contribution in [0.4, 0.5) is 0 Å². The summed E-state index contributed by atoms with van der Waals surface area (Å²) < 4.78 is 0. The zero-order chi connectivity index (χ0) is 19.1. The molecule has 0 radical (unpaired) electrons. The van der Waals surface area contributed by atoms with Crippen LogP contribution < -0.4 is 0 Å². The van der Waals surface area contributed by atoms with E-state index < -0.39 is 12.0 Å². The summed E-state index contributed by atoms with van der Waals surface area (Å²) >= 11 is 0. The molecule has 0 aromatic heterocycles. The maximum Gasteiger partial charge on any atom is 0.168 e. The summed E-state index contributed by atoms with van der Waals surface area (Å²) in [4.78, 5) is 15.1. The maximum absolute atomic E-state index is 12.7. The van der Waals surface area contributed by atoms with Crippen LogP contribution in [0.2, 0.25) is 0 Å². The van der Waals surface area contributed by atoms with Gasteiger partial charge in [-0.15, -0.1) is 0 Å². The molecule has 1 saturated carbocycles. The van der Waals surface area contributed by atoms with Crippen molar-refractivity contribution in [2.45, 2.75) is 57.7 Å². The van der Waals surface area contributed by atoms with Crippen LogP contribution in [-0.2, 0) is 6.54 Å². The molecule has 0 heterocycles. The Kier molecular flexibility index (Phi) is 7.19.